The number of hydrogen-bond acceptors (Lipinski definition) is 2. The van der Waals surface area contributed by atoms with Gasteiger partial charge in [-0.1, -0.05) is 0 Å². The monoisotopic (exact) mass is 211 g/mol. The molecule has 1 heterocycles. The molecule has 0 aromatic heterocycles. The molecule has 1 saturated carbocycles. The summed E-state index contributed by atoms with van der Waals surface area (Å²) in [6.07, 6.45) is 4.82. The van der Waals surface area contributed by atoms with E-state index in [4.69, 9.17) is 0 Å². The third kappa shape index (κ3) is 3.09. The number of nitrogens with one attached hydrogen (secondary N) is 2. The van der Waals surface area contributed by atoms with Crippen LogP contribution in [0.2, 0.25) is 0 Å². The van der Waals surface area contributed by atoms with Crippen LogP contribution in [-0.4, -0.2) is 43.7 Å². The lowest BCUT2D eigenvalue weighted by Crippen LogP contribution is -2.43. The third-order valence-corrected chi connectivity index (χ3v) is 3.36. The summed E-state index contributed by atoms with van der Waals surface area (Å²) in [7, 11) is 1.89. The minimum absolute atomic E-state index is 0.100. The minimum atomic E-state index is 0.100. The van der Waals surface area contributed by atoms with Crippen molar-refractivity contribution in [2.75, 3.05) is 26.7 Å². The molecule has 15 heavy (non-hydrogen) atoms. The van der Waals surface area contributed by atoms with E-state index in [0.717, 1.165) is 19.6 Å². The summed E-state index contributed by atoms with van der Waals surface area (Å²) < 4.78 is 0. The van der Waals surface area contributed by atoms with E-state index < -0.39 is 0 Å². The molecule has 2 rings (SSSR count). The topological polar surface area (TPSA) is 44.4 Å². The van der Waals surface area contributed by atoms with Gasteiger partial charge in [0.15, 0.2) is 0 Å². The molecule has 2 fully saturated rings. The standard InChI is InChI=1S/C11H21N3O/c1-14(10-4-5-10)11(15)13-8-9-3-2-6-12-7-9/h9-10,12H,2-8H2,1H3,(H,13,15). The molecule has 0 spiro atoms. The summed E-state index contributed by atoms with van der Waals surface area (Å²) in [4.78, 5) is 13.5. The SMILES string of the molecule is CN(C(=O)NCC1CCCNC1)C1CC1. The zero-order valence-electron chi connectivity index (χ0n) is 9.46. The first-order chi connectivity index (χ1) is 7.27. The molecule has 2 amide bonds. The van der Waals surface area contributed by atoms with Crippen molar-refractivity contribution in [3.8, 4) is 0 Å². The van der Waals surface area contributed by atoms with Crippen LogP contribution >= 0.6 is 0 Å². The first kappa shape index (κ1) is 10.7. The smallest absolute Gasteiger partial charge is 0.317 e. The van der Waals surface area contributed by atoms with Crippen LogP contribution in [0.5, 0.6) is 0 Å². The number of piperidine rings is 1. The van der Waals surface area contributed by atoms with Gasteiger partial charge < -0.3 is 15.5 Å². The van der Waals surface area contributed by atoms with Gasteiger partial charge in [0.2, 0.25) is 0 Å². The summed E-state index contributed by atoms with van der Waals surface area (Å²) >= 11 is 0. The molecule has 1 atom stereocenters. The minimum Gasteiger partial charge on any atom is -0.338 e. The highest BCUT2D eigenvalue weighted by atomic mass is 16.2. The van der Waals surface area contributed by atoms with Crippen LogP contribution in [0.1, 0.15) is 25.7 Å². The molecule has 0 radical (unpaired) electrons. The average Bonchev–Trinajstić information content (AvgIpc) is 3.10. The first-order valence-corrected chi connectivity index (χ1v) is 5.99. The fraction of sp³-hybridized carbons (Fsp3) is 0.909. The largest absolute Gasteiger partial charge is 0.338 e. The summed E-state index contributed by atoms with van der Waals surface area (Å²) in [6, 6.07) is 0.609. The molecule has 1 aliphatic heterocycles. The van der Waals surface area contributed by atoms with Gasteiger partial charge >= 0.3 is 6.03 Å². The van der Waals surface area contributed by atoms with Gasteiger partial charge in [-0.15, -0.1) is 0 Å². The van der Waals surface area contributed by atoms with Crippen LogP contribution in [0.3, 0.4) is 0 Å². The van der Waals surface area contributed by atoms with Gasteiger partial charge in [-0.2, -0.15) is 0 Å². The molecule has 2 N–H and O–H groups in total. The molecule has 0 aromatic carbocycles. The van der Waals surface area contributed by atoms with Crippen molar-refractivity contribution >= 4 is 6.03 Å². The van der Waals surface area contributed by atoms with E-state index in [1.54, 1.807) is 0 Å². The zero-order valence-corrected chi connectivity index (χ0v) is 9.46. The molecule has 1 aliphatic carbocycles. The van der Waals surface area contributed by atoms with E-state index in [2.05, 4.69) is 10.6 Å². The van der Waals surface area contributed by atoms with Gasteiger partial charge in [-0.3, -0.25) is 0 Å². The number of hydrogen-bond donors (Lipinski definition) is 2. The van der Waals surface area contributed by atoms with E-state index in [1.807, 2.05) is 11.9 Å². The maximum atomic E-state index is 11.7. The Balaban J connectivity index is 1.65. The Hall–Kier alpha value is -0.770. The maximum Gasteiger partial charge on any atom is 0.317 e. The molecule has 1 saturated heterocycles. The number of urea groups is 1. The maximum absolute atomic E-state index is 11.7. The Kier molecular flexibility index (Phi) is 3.46. The van der Waals surface area contributed by atoms with Crippen LogP contribution in [-0.2, 0) is 0 Å². The van der Waals surface area contributed by atoms with Crippen molar-refractivity contribution in [2.24, 2.45) is 5.92 Å². The highest BCUT2D eigenvalue weighted by Crippen LogP contribution is 2.25. The van der Waals surface area contributed by atoms with Gasteiger partial charge in [-0.25, -0.2) is 4.79 Å². The second-order valence-electron chi connectivity index (χ2n) is 4.74. The van der Waals surface area contributed by atoms with Crippen LogP contribution in [0.25, 0.3) is 0 Å². The van der Waals surface area contributed by atoms with Crippen molar-refractivity contribution in [1.82, 2.24) is 15.5 Å². The molecule has 0 aromatic rings. The molecular weight excluding hydrogens is 190 g/mol. The molecular formula is C11H21N3O. The van der Waals surface area contributed by atoms with Crippen molar-refractivity contribution in [3.05, 3.63) is 0 Å². The van der Waals surface area contributed by atoms with Gasteiger partial charge in [0, 0.05) is 19.6 Å². The molecule has 0 bridgehead atoms. The van der Waals surface area contributed by atoms with Gasteiger partial charge in [0.05, 0.1) is 0 Å². The number of nitrogens with zero attached hydrogens (tertiary/aromatic N) is 1. The lowest BCUT2D eigenvalue weighted by Gasteiger charge is -2.24. The van der Waals surface area contributed by atoms with E-state index in [-0.39, 0.29) is 6.03 Å². The zero-order chi connectivity index (χ0) is 10.7. The lowest BCUT2D eigenvalue weighted by atomic mass is 10.00. The number of carbonyl (C=O) groups is 1. The summed E-state index contributed by atoms with van der Waals surface area (Å²) in [5.74, 6) is 0.621. The lowest BCUT2D eigenvalue weighted by molar-refractivity contribution is 0.203. The second kappa shape index (κ2) is 4.84. The highest BCUT2D eigenvalue weighted by Gasteiger charge is 2.29. The van der Waals surface area contributed by atoms with Crippen molar-refractivity contribution in [2.45, 2.75) is 31.7 Å². The Morgan fingerprint density at radius 2 is 2.27 bits per heavy atom. The second-order valence-corrected chi connectivity index (χ2v) is 4.74. The predicted molar refractivity (Wildman–Crippen MR) is 59.8 cm³/mol. The van der Waals surface area contributed by atoms with Crippen molar-refractivity contribution in [3.63, 3.8) is 0 Å². The summed E-state index contributed by atoms with van der Waals surface area (Å²) in [6.45, 7) is 3.00. The average molecular weight is 211 g/mol. The van der Waals surface area contributed by atoms with Crippen LogP contribution in [0.4, 0.5) is 4.79 Å². The van der Waals surface area contributed by atoms with Crippen LogP contribution in [0, 0.1) is 5.92 Å². The Morgan fingerprint density at radius 3 is 2.87 bits per heavy atom. The third-order valence-electron chi connectivity index (χ3n) is 3.36. The summed E-state index contributed by atoms with van der Waals surface area (Å²) in [5.41, 5.74) is 0. The quantitative estimate of drug-likeness (QED) is 0.725. The molecule has 4 nitrogen and oxygen atoms in total. The van der Waals surface area contributed by atoms with Crippen LogP contribution < -0.4 is 10.6 Å². The highest BCUT2D eigenvalue weighted by molar-refractivity contribution is 5.74. The normalized spacial score (nSPS) is 26.1. The number of amides is 2. The molecule has 1 unspecified atom stereocenters. The molecule has 2 aliphatic rings. The van der Waals surface area contributed by atoms with Crippen molar-refractivity contribution < 1.29 is 4.79 Å². The molecule has 4 heteroatoms. The fourth-order valence-electron chi connectivity index (χ4n) is 2.08. The fourth-order valence-corrected chi connectivity index (χ4v) is 2.08. The van der Waals surface area contributed by atoms with Gasteiger partial charge in [0.25, 0.3) is 0 Å². The number of carbonyl (C=O) groups excluding carboxylic acids is 1. The Labute approximate surface area is 91.4 Å². The Bertz CT molecular complexity index is 222. The van der Waals surface area contributed by atoms with E-state index in [1.165, 1.54) is 25.7 Å². The molecule has 86 valence electrons. The van der Waals surface area contributed by atoms with Gasteiger partial charge in [-0.05, 0) is 44.7 Å². The predicted octanol–water partition coefficient (Wildman–Crippen LogP) is 0.790. The van der Waals surface area contributed by atoms with Crippen molar-refractivity contribution in [1.29, 1.82) is 0 Å². The first-order valence-electron chi connectivity index (χ1n) is 5.99. The number of rotatable bonds is 3. The van der Waals surface area contributed by atoms with E-state index in [9.17, 15) is 4.79 Å². The summed E-state index contributed by atoms with van der Waals surface area (Å²) in [5, 5.41) is 6.38. The van der Waals surface area contributed by atoms with Crippen LogP contribution in [0.15, 0.2) is 0 Å². The van der Waals surface area contributed by atoms with Gasteiger partial charge in [0.1, 0.15) is 0 Å². The van der Waals surface area contributed by atoms with E-state index >= 15 is 0 Å². The van der Waals surface area contributed by atoms with E-state index in [0.29, 0.717) is 12.0 Å². The Morgan fingerprint density at radius 1 is 1.47 bits per heavy atom.